The summed E-state index contributed by atoms with van der Waals surface area (Å²) in [6.45, 7) is 9.41. The van der Waals surface area contributed by atoms with Crippen LogP contribution in [0.4, 0.5) is 0 Å². The van der Waals surface area contributed by atoms with E-state index >= 15 is 0 Å². The molecule has 0 aromatic heterocycles. The van der Waals surface area contributed by atoms with Gasteiger partial charge in [-0.05, 0) is 37.1 Å². The molecule has 0 bridgehead atoms. The van der Waals surface area contributed by atoms with Crippen molar-refractivity contribution in [2.75, 3.05) is 11.5 Å². The summed E-state index contributed by atoms with van der Waals surface area (Å²) < 4.78 is 0. The van der Waals surface area contributed by atoms with E-state index < -0.39 is 0 Å². The lowest BCUT2D eigenvalue weighted by Crippen LogP contribution is -2.24. The van der Waals surface area contributed by atoms with Gasteiger partial charge in [-0.2, -0.15) is 0 Å². The fourth-order valence-electron chi connectivity index (χ4n) is 1.74. The summed E-state index contributed by atoms with van der Waals surface area (Å²) >= 11 is 0. The third kappa shape index (κ3) is 6.75. The van der Waals surface area contributed by atoms with Crippen LogP contribution in [0.15, 0.2) is 0 Å². The van der Waals surface area contributed by atoms with Gasteiger partial charge in [0.2, 0.25) is 0 Å². The lowest BCUT2D eigenvalue weighted by molar-refractivity contribution is 0.769. The molecule has 0 fully saturated rings. The lowest BCUT2D eigenvalue weighted by atomic mass is 10.3. The second kappa shape index (κ2) is 9.89. The predicted molar refractivity (Wildman–Crippen MR) is 71.3 cm³/mol. The summed E-state index contributed by atoms with van der Waals surface area (Å²) in [5, 5.41) is 0.984. The molecule has 0 spiro atoms. The van der Waals surface area contributed by atoms with Crippen LogP contribution in [-0.2, 0) is 10.9 Å². The molecule has 0 N–H and O–H groups in total. The molecule has 0 amide bonds. The number of hydrogen-bond donors (Lipinski definition) is 0. The first-order chi connectivity index (χ1) is 6.76. The van der Waals surface area contributed by atoms with Crippen molar-refractivity contribution >= 4 is 10.9 Å². The van der Waals surface area contributed by atoms with Crippen LogP contribution in [0.5, 0.6) is 0 Å². The molecule has 1 atom stereocenters. The van der Waals surface area contributed by atoms with E-state index in [0.29, 0.717) is 0 Å². The molecule has 0 nitrogen and oxygen atoms in total. The van der Waals surface area contributed by atoms with Crippen LogP contribution in [0.2, 0.25) is 0 Å². The average Bonchev–Trinajstić information content (AvgIpc) is 2.18. The molecule has 0 heterocycles. The fourth-order valence-corrected chi connectivity index (χ4v) is 4.63. The standard InChI is InChI=1S/C13H29S/c1-5-8-11-14(12-9-6-2)13(4)10-7-3/h13H,5-12H2,1-4H3/q+1. The van der Waals surface area contributed by atoms with Crippen molar-refractivity contribution < 1.29 is 0 Å². The first-order valence-corrected chi connectivity index (χ1v) is 8.05. The van der Waals surface area contributed by atoms with Gasteiger partial charge in [0.05, 0.1) is 0 Å². The Morgan fingerprint density at radius 1 is 0.857 bits per heavy atom. The van der Waals surface area contributed by atoms with E-state index in [9.17, 15) is 0 Å². The zero-order valence-corrected chi connectivity index (χ0v) is 11.5. The Morgan fingerprint density at radius 3 is 1.71 bits per heavy atom. The molecule has 0 aliphatic rings. The number of rotatable bonds is 9. The molecule has 0 aliphatic heterocycles. The minimum absolute atomic E-state index is 0.731. The van der Waals surface area contributed by atoms with Gasteiger partial charge in [-0.25, -0.2) is 0 Å². The smallest absolute Gasteiger partial charge is 0.0652 e. The van der Waals surface area contributed by atoms with Crippen molar-refractivity contribution in [3.05, 3.63) is 0 Å². The summed E-state index contributed by atoms with van der Waals surface area (Å²) in [4.78, 5) is 0. The highest BCUT2D eigenvalue weighted by molar-refractivity contribution is 7.97. The Morgan fingerprint density at radius 2 is 1.36 bits per heavy atom. The summed E-state index contributed by atoms with van der Waals surface area (Å²) in [7, 11) is 0.731. The minimum Gasteiger partial charge on any atom is -0.0652 e. The Kier molecular flexibility index (Phi) is 10.1. The number of hydrogen-bond acceptors (Lipinski definition) is 0. The molecule has 86 valence electrons. The molecule has 14 heavy (non-hydrogen) atoms. The third-order valence-corrected chi connectivity index (χ3v) is 5.78. The van der Waals surface area contributed by atoms with E-state index in [1.54, 1.807) is 0 Å². The largest absolute Gasteiger partial charge is 0.115 e. The van der Waals surface area contributed by atoms with Gasteiger partial charge in [0.25, 0.3) is 0 Å². The normalized spacial score (nSPS) is 13.5. The second-order valence-corrected chi connectivity index (χ2v) is 6.95. The molecule has 0 saturated heterocycles. The third-order valence-electron chi connectivity index (χ3n) is 2.78. The average molecular weight is 217 g/mol. The molecular formula is C13H29S+. The lowest BCUT2D eigenvalue weighted by Gasteiger charge is -2.14. The first kappa shape index (κ1) is 14.3. The van der Waals surface area contributed by atoms with E-state index in [1.807, 2.05) is 0 Å². The monoisotopic (exact) mass is 217 g/mol. The summed E-state index contributed by atoms with van der Waals surface area (Å²) in [5.41, 5.74) is 0. The maximum atomic E-state index is 2.47. The molecule has 0 aromatic rings. The molecule has 1 heteroatoms. The maximum absolute atomic E-state index is 2.47. The molecule has 0 aliphatic carbocycles. The summed E-state index contributed by atoms with van der Waals surface area (Å²) in [6.07, 6.45) is 8.43. The minimum atomic E-state index is 0.731. The van der Waals surface area contributed by atoms with Crippen LogP contribution in [-0.4, -0.2) is 16.8 Å². The molecular weight excluding hydrogens is 188 g/mol. The van der Waals surface area contributed by atoms with Crippen molar-refractivity contribution in [1.29, 1.82) is 0 Å². The topological polar surface area (TPSA) is 0 Å². The SMILES string of the molecule is CCCC[S+](CCCC)C(C)CCC. The van der Waals surface area contributed by atoms with Gasteiger partial charge in [0.15, 0.2) is 0 Å². The van der Waals surface area contributed by atoms with Crippen LogP contribution in [0.1, 0.15) is 66.2 Å². The molecule has 0 radical (unpaired) electrons. The van der Waals surface area contributed by atoms with Gasteiger partial charge in [-0.1, -0.05) is 40.0 Å². The number of unbranched alkanes of at least 4 members (excludes halogenated alkanes) is 2. The molecule has 1 unspecified atom stereocenters. The molecule has 0 rings (SSSR count). The van der Waals surface area contributed by atoms with Gasteiger partial charge < -0.3 is 0 Å². The second-order valence-electron chi connectivity index (χ2n) is 4.25. The Bertz CT molecular complexity index is 104. The first-order valence-electron chi connectivity index (χ1n) is 6.42. The Hall–Kier alpha value is 0.350. The van der Waals surface area contributed by atoms with Crippen molar-refractivity contribution in [1.82, 2.24) is 0 Å². The Labute approximate surface area is 94.2 Å². The van der Waals surface area contributed by atoms with Gasteiger partial charge in [-0.15, -0.1) is 0 Å². The summed E-state index contributed by atoms with van der Waals surface area (Å²) in [5.74, 6) is 3.00. The van der Waals surface area contributed by atoms with E-state index in [2.05, 4.69) is 27.7 Å². The Balaban J connectivity index is 3.81. The molecule has 0 saturated carbocycles. The fraction of sp³-hybridized carbons (Fsp3) is 1.00. The maximum Gasteiger partial charge on any atom is 0.115 e. The zero-order chi connectivity index (χ0) is 10.8. The van der Waals surface area contributed by atoms with Gasteiger partial charge >= 0.3 is 0 Å². The van der Waals surface area contributed by atoms with Crippen molar-refractivity contribution in [2.24, 2.45) is 0 Å². The summed E-state index contributed by atoms with van der Waals surface area (Å²) in [6, 6.07) is 0. The molecule has 0 aromatic carbocycles. The van der Waals surface area contributed by atoms with Gasteiger partial charge in [-0.3, -0.25) is 0 Å². The van der Waals surface area contributed by atoms with Crippen LogP contribution >= 0.6 is 0 Å². The van der Waals surface area contributed by atoms with E-state index in [0.717, 1.165) is 16.1 Å². The van der Waals surface area contributed by atoms with Gasteiger partial charge in [0, 0.05) is 0 Å². The highest BCUT2D eigenvalue weighted by Crippen LogP contribution is 2.16. The van der Waals surface area contributed by atoms with Gasteiger partial charge in [0.1, 0.15) is 16.8 Å². The quantitative estimate of drug-likeness (QED) is 0.502. The van der Waals surface area contributed by atoms with E-state index in [-0.39, 0.29) is 0 Å². The van der Waals surface area contributed by atoms with E-state index in [1.165, 1.54) is 50.0 Å². The van der Waals surface area contributed by atoms with Crippen molar-refractivity contribution in [3.8, 4) is 0 Å². The highest BCUT2D eigenvalue weighted by Gasteiger charge is 2.23. The van der Waals surface area contributed by atoms with Crippen molar-refractivity contribution in [3.63, 3.8) is 0 Å². The van der Waals surface area contributed by atoms with Crippen LogP contribution in [0, 0.1) is 0 Å². The predicted octanol–water partition coefficient (Wildman–Crippen LogP) is 4.39. The van der Waals surface area contributed by atoms with E-state index in [4.69, 9.17) is 0 Å². The van der Waals surface area contributed by atoms with Crippen molar-refractivity contribution in [2.45, 2.75) is 71.5 Å². The van der Waals surface area contributed by atoms with Crippen LogP contribution < -0.4 is 0 Å². The van der Waals surface area contributed by atoms with Crippen LogP contribution in [0.3, 0.4) is 0 Å². The van der Waals surface area contributed by atoms with Crippen LogP contribution in [0.25, 0.3) is 0 Å². The highest BCUT2D eigenvalue weighted by atomic mass is 32.2. The zero-order valence-electron chi connectivity index (χ0n) is 10.6.